The second-order valence-electron chi connectivity index (χ2n) is 8.92. The van der Waals surface area contributed by atoms with Crippen LogP contribution in [-0.2, 0) is 0 Å². The number of unbranched alkanes of at least 4 members (excludes halogenated alkanes) is 14. The SMILES string of the molecule is NCCCCCCCCCCC1CNCCN1CCCCCCCCCCN. The maximum absolute atomic E-state index is 5.55. The van der Waals surface area contributed by atoms with Gasteiger partial charge in [0.1, 0.15) is 0 Å². The molecule has 1 aliphatic heterocycles. The molecule has 1 heterocycles. The van der Waals surface area contributed by atoms with E-state index >= 15 is 0 Å². The highest BCUT2D eigenvalue weighted by Gasteiger charge is 2.20. The number of hydrogen-bond acceptors (Lipinski definition) is 4. The Morgan fingerprint density at radius 1 is 0.607 bits per heavy atom. The topological polar surface area (TPSA) is 67.3 Å². The lowest BCUT2D eigenvalue weighted by Crippen LogP contribution is -2.51. The first-order valence-electron chi connectivity index (χ1n) is 12.7. The number of nitrogens with zero attached hydrogens (tertiary/aromatic N) is 1. The highest BCUT2D eigenvalue weighted by molar-refractivity contribution is 4.79. The fourth-order valence-corrected chi connectivity index (χ4v) is 4.49. The van der Waals surface area contributed by atoms with Crippen LogP contribution in [0.3, 0.4) is 0 Å². The fourth-order valence-electron chi connectivity index (χ4n) is 4.49. The highest BCUT2D eigenvalue weighted by Crippen LogP contribution is 2.16. The van der Waals surface area contributed by atoms with E-state index in [0.717, 1.165) is 19.1 Å². The van der Waals surface area contributed by atoms with E-state index in [1.807, 2.05) is 0 Å². The van der Waals surface area contributed by atoms with Crippen molar-refractivity contribution >= 4 is 0 Å². The van der Waals surface area contributed by atoms with Gasteiger partial charge in [-0.05, 0) is 45.3 Å². The zero-order valence-corrected chi connectivity index (χ0v) is 18.9. The van der Waals surface area contributed by atoms with Crippen molar-refractivity contribution in [3.8, 4) is 0 Å². The van der Waals surface area contributed by atoms with Gasteiger partial charge in [0.15, 0.2) is 0 Å². The number of hydrogen-bond donors (Lipinski definition) is 3. The van der Waals surface area contributed by atoms with Crippen molar-refractivity contribution in [2.24, 2.45) is 11.5 Å². The Morgan fingerprint density at radius 2 is 1.07 bits per heavy atom. The predicted molar refractivity (Wildman–Crippen MR) is 125 cm³/mol. The molecular formula is C24H52N4. The van der Waals surface area contributed by atoms with Crippen LogP contribution < -0.4 is 16.8 Å². The van der Waals surface area contributed by atoms with Gasteiger partial charge in [0.25, 0.3) is 0 Å². The Bertz CT molecular complexity index is 281. The number of rotatable bonds is 20. The summed E-state index contributed by atoms with van der Waals surface area (Å²) in [7, 11) is 0. The quantitative estimate of drug-likeness (QED) is 0.258. The predicted octanol–water partition coefficient (Wildman–Crippen LogP) is 4.81. The molecule has 0 bridgehead atoms. The molecule has 0 radical (unpaired) electrons. The van der Waals surface area contributed by atoms with E-state index in [1.54, 1.807) is 0 Å². The monoisotopic (exact) mass is 396 g/mol. The van der Waals surface area contributed by atoms with Crippen LogP contribution in [0.5, 0.6) is 0 Å². The molecule has 0 aromatic heterocycles. The van der Waals surface area contributed by atoms with Crippen LogP contribution in [0.1, 0.15) is 109 Å². The van der Waals surface area contributed by atoms with Crippen LogP contribution in [0.4, 0.5) is 0 Å². The normalized spacial score (nSPS) is 18.0. The summed E-state index contributed by atoms with van der Waals surface area (Å²) in [4.78, 5) is 2.78. The van der Waals surface area contributed by atoms with E-state index in [0.29, 0.717) is 0 Å². The molecule has 28 heavy (non-hydrogen) atoms. The summed E-state index contributed by atoms with van der Waals surface area (Å²) in [6.45, 7) is 6.69. The smallest absolute Gasteiger partial charge is 0.0221 e. The molecule has 1 rings (SSSR count). The third kappa shape index (κ3) is 14.8. The summed E-state index contributed by atoms with van der Waals surface area (Å²) in [6, 6.07) is 0.787. The number of piperazine rings is 1. The first kappa shape index (κ1) is 25.9. The molecule has 5 N–H and O–H groups in total. The molecule has 1 atom stereocenters. The van der Waals surface area contributed by atoms with Crippen molar-refractivity contribution < 1.29 is 0 Å². The third-order valence-electron chi connectivity index (χ3n) is 6.36. The van der Waals surface area contributed by atoms with Crippen molar-refractivity contribution in [3.63, 3.8) is 0 Å². The molecular weight excluding hydrogens is 344 g/mol. The maximum Gasteiger partial charge on any atom is 0.0221 e. The molecule has 0 aliphatic carbocycles. The van der Waals surface area contributed by atoms with E-state index in [-0.39, 0.29) is 0 Å². The van der Waals surface area contributed by atoms with Gasteiger partial charge in [-0.25, -0.2) is 0 Å². The summed E-state index contributed by atoms with van der Waals surface area (Å²) in [5.41, 5.74) is 11.1. The molecule has 4 nitrogen and oxygen atoms in total. The molecule has 0 saturated carbocycles. The fraction of sp³-hybridized carbons (Fsp3) is 1.00. The third-order valence-corrected chi connectivity index (χ3v) is 6.36. The van der Waals surface area contributed by atoms with Crippen LogP contribution in [0, 0.1) is 0 Å². The Morgan fingerprint density at radius 3 is 1.61 bits per heavy atom. The molecule has 0 spiro atoms. The first-order chi connectivity index (χ1) is 13.9. The van der Waals surface area contributed by atoms with Gasteiger partial charge in [-0.3, -0.25) is 4.90 Å². The zero-order valence-electron chi connectivity index (χ0n) is 18.9. The Labute approximate surface area is 176 Å². The van der Waals surface area contributed by atoms with Gasteiger partial charge in [0.05, 0.1) is 0 Å². The average Bonchev–Trinajstić information content (AvgIpc) is 2.72. The molecule has 0 amide bonds. The van der Waals surface area contributed by atoms with Crippen LogP contribution >= 0.6 is 0 Å². The second-order valence-corrected chi connectivity index (χ2v) is 8.92. The van der Waals surface area contributed by atoms with Gasteiger partial charge in [-0.2, -0.15) is 0 Å². The molecule has 1 saturated heterocycles. The van der Waals surface area contributed by atoms with Crippen LogP contribution in [0.25, 0.3) is 0 Å². The van der Waals surface area contributed by atoms with E-state index in [2.05, 4.69) is 10.2 Å². The Kier molecular flexibility index (Phi) is 18.6. The lowest BCUT2D eigenvalue weighted by Gasteiger charge is -2.36. The van der Waals surface area contributed by atoms with E-state index in [1.165, 1.54) is 135 Å². The van der Waals surface area contributed by atoms with Crippen molar-refractivity contribution in [2.75, 3.05) is 39.3 Å². The summed E-state index contributed by atoms with van der Waals surface area (Å²) in [5, 5.41) is 3.62. The van der Waals surface area contributed by atoms with E-state index < -0.39 is 0 Å². The molecule has 4 heteroatoms. The molecule has 0 aromatic rings. The number of nitrogens with one attached hydrogen (secondary N) is 1. The largest absolute Gasteiger partial charge is 0.330 e. The van der Waals surface area contributed by atoms with Gasteiger partial charge in [-0.1, -0.05) is 83.5 Å². The minimum Gasteiger partial charge on any atom is -0.330 e. The lowest BCUT2D eigenvalue weighted by molar-refractivity contribution is 0.147. The van der Waals surface area contributed by atoms with Gasteiger partial charge >= 0.3 is 0 Å². The van der Waals surface area contributed by atoms with Gasteiger partial charge in [0.2, 0.25) is 0 Å². The van der Waals surface area contributed by atoms with Crippen LogP contribution in [0.2, 0.25) is 0 Å². The highest BCUT2D eigenvalue weighted by atomic mass is 15.2. The second kappa shape index (κ2) is 20.1. The first-order valence-corrected chi connectivity index (χ1v) is 12.7. The van der Waals surface area contributed by atoms with Gasteiger partial charge in [0, 0.05) is 25.7 Å². The van der Waals surface area contributed by atoms with E-state index in [4.69, 9.17) is 11.5 Å². The minimum atomic E-state index is 0.787. The van der Waals surface area contributed by atoms with Gasteiger partial charge in [-0.15, -0.1) is 0 Å². The molecule has 1 unspecified atom stereocenters. The minimum absolute atomic E-state index is 0.787. The standard InChI is InChI=1S/C24H52N4/c25-18-14-10-6-2-1-5-9-13-17-24-23-27-20-22-28(24)21-16-12-8-4-3-7-11-15-19-26/h24,27H,1-23,25-26H2. The number of nitrogens with two attached hydrogens (primary N) is 2. The van der Waals surface area contributed by atoms with Crippen molar-refractivity contribution in [1.82, 2.24) is 10.2 Å². The van der Waals surface area contributed by atoms with Crippen molar-refractivity contribution in [3.05, 3.63) is 0 Å². The summed E-state index contributed by atoms with van der Waals surface area (Å²) < 4.78 is 0. The Hall–Kier alpha value is -0.160. The lowest BCUT2D eigenvalue weighted by atomic mass is 10.0. The Balaban J connectivity index is 1.96. The zero-order chi connectivity index (χ0) is 20.1. The van der Waals surface area contributed by atoms with E-state index in [9.17, 15) is 0 Å². The van der Waals surface area contributed by atoms with Crippen molar-refractivity contribution in [2.45, 2.75) is 115 Å². The van der Waals surface area contributed by atoms with Crippen LogP contribution in [-0.4, -0.2) is 50.2 Å². The molecule has 1 aliphatic rings. The summed E-state index contributed by atoms with van der Waals surface area (Å²) in [6.07, 6.45) is 23.4. The van der Waals surface area contributed by atoms with Crippen molar-refractivity contribution in [1.29, 1.82) is 0 Å². The molecule has 168 valence electrons. The van der Waals surface area contributed by atoms with Gasteiger partial charge < -0.3 is 16.8 Å². The summed E-state index contributed by atoms with van der Waals surface area (Å²) >= 11 is 0. The maximum atomic E-state index is 5.55. The molecule has 0 aromatic carbocycles. The summed E-state index contributed by atoms with van der Waals surface area (Å²) in [5.74, 6) is 0. The van der Waals surface area contributed by atoms with Crippen LogP contribution in [0.15, 0.2) is 0 Å². The average molecular weight is 397 g/mol. The molecule has 1 fully saturated rings.